The minimum absolute atomic E-state index is 0.199. The van der Waals surface area contributed by atoms with Crippen LogP contribution in [0.4, 0.5) is 5.82 Å². The molecule has 1 amide bonds. The van der Waals surface area contributed by atoms with Gasteiger partial charge in [-0.3, -0.25) is 4.79 Å². The van der Waals surface area contributed by atoms with Crippen LogP contribution >= 0.6 is 11.6 Å². The lowest BCUT2D eigenvalue weighted by atomic mass is 10.1. The highest BCUT2D eigenvalue weighted by atomic mass is 35.5. The predicted molar refractivity (Wildman–Crippen MR) is 104 cm³/mol. The van der Waals surface area contributed by atoms with E-state index in [4.69, 9.17) is 21.1 Å². The second kappa shape index (κ2) is 9.92. The largest absolute Gasteiger partial charge is 0.494 e. The van der Waals surface area contributed by atoms with Crippen molar-refractivity contribution in [3.05, 3.63) is 52.2 Å². The molecule has 0 aliphatic carbocycles. The van der Waals surface area contributed by atoms with Crippen LogP contribution in [0.3, 0.4) is 0 Å². The smallest absolute Gasteiger partial charge is 0.338 e. The van der Waals surface area contributed by atoms with Crippen molar-refractivity contribution in [1.29, 1.82) is 0 Å². The lowest BCUT2D eigenvalue weighted by Crippen LogP contribution is -2.14. The number of carbonyl (C=O) groups excluding carboxylic acids is 2. The number of pyridine rings is 1. The number of nitrogens with zero attached hydrogens (tertiary/aromatic N) is 1. The summed E-state index contributed by atoms with van der Waals surface area (Å²) in [5.41, 5.74) is 2.26. The van der Waals surface area contributed by atoms with E-state index in [1.807, 2.05) is 26.0 Å². The minimum atomic E-state index is -0.447. The second-order valence-corrected chi connectivity index (χ2v) is 6.40. The molecule has 0 atom stereocenters. The summed E-state index contributed by atoms with van der Waals surface area (Å²) in [5.74, 6) is 0.405. The maximum atomic E-state index is 12.0. The van der Waals surface area contributed by atoms with Gasteiger partial charge in [-0.15, -0.1) is 0 Å². The number of esters is 1. The first-order valence-corrected chi connectivity index (χ1v) is 9.11. The molecule has 1 N–H and O–H groups in total. The average Bonchev–Trinajstić information content (AvgIpc) is 2.63. The number of carbonyl (C=O) groups is 2. The van der Waals surface area contributed by atoms with Crippen LogP contribution in [0.1, 0.15) is 41.3 Å². The van der Waals surface area contributed by atoms with Crippen LogP contribution in [-0.4, -0.2) is 30.1 Å². The summed E-state index contributed by atoms with van der Waals surface area (Å²) in [7, 11) is 0. The predicted octanol–water partition coefficient (Wildman–Crippen LogP) is 4.33. The molecule has 2 aromatic rings. The Hall–Kier alpha value is -2.60. The highest BCUT2D eigenvalue weighted by Gasteiger charge is 2.10. The molecule has 144 valence electrons. The molecule has 0 aliphatic heterocycles. The highest BCUT2D eigenvalue weighted by molar-refractivity contribution is 6.32. The van der Waals surface area contributed by atoms with E-state index in [0.717, 1.165) is 21.9 Å². The molecule has 7 heteroatoms. The van der Waals surface area contributed by atoms with Crippen molar-refractivity contribution in [3.8, 4) is 5.75 Å². The molecule has 0 bridgehead atoms. The van der Waals surface area contributed by atoms with E-state index in [1.165, 1.54) is 18.3 Å². The van der Waals surface area contributed by atoms with Gasteiger partial charge in [0.1, 0.15) is 11.6 Å². The monoisotopic (exact) mass is 390 g/mol. The second-order valence-electron chi connectivity index (χ2n) is 6.02. The number of amides is 1. The summed E-state index contributed by atoms with van der Waals surface area (Å²) in [6.45, 7) is 6.27. The number of hydrogen-bond donors (Lipinski definition) is 1. The van der Waals surface area contributed by atoms with Crippen molar-refractivity contribution >= 4 is 29.3 Å². The Kier molecular flexibility index (Phi) is 7.61. The first kappa shape index (κ1) is 20.7. The summed E-state index contributed by atoms with van der Waals surface area (Å²) in [5, 5.41) is 3.41. The molecule has 0 radical (unpaired) electrons. The van der Waals surface area contributed by atoms with E-state index in [9.17, 15) is 9.59 Å². The Bertz CT molecular complexity index is 800. The van der Waals surface area contributed by atoms with Crippen molar-refractivity contribution in [2.75, 3.05) is 18.5 Å². The van der Waals surface area contributed by atoms with Crippen molar-refractivity contribution in [2.24, 2.45) is 0 Å². The molecule has 0 aliphatic rings. The minimum Gasteiger partial charge on any atom is -0.494 e. The Labute approximate surface area is 163 Å². The number of hydrogen-bond acceptors (Lipinski definition) is 5. The fourth-order valence-electron chi connectivity index (χ4n) is 2.46. The van der Waals surface area contributed by atoms with Gasteiger partial charge in [-0.2, -0.15) is 0 Å². The first-order chi connectivity index (χ1) is 12.9. The Morgan fingerprint density at radius 2 is 1.89 bits per heavy atom. The van der Waals surface area contributed by atoms with Crippen molar-refractivity contribution in [2.45, 2.75) is 33.6 Å². The summed E-state index contributed by atoms with van der Waals surface area (Å²) < 4.78 is 10.6. The van der Waals surface area contributed by atoms with Gasteiger partial charge < -0.3 is 14.8 Å². The zero-order valence-corrected chi connectivity index (χ0v) is 16.4. The molecule has 1 aromatic carbocycles. The van der Waals surface area contributed by atoms with Crippen LogP contribution in [0.2, 0.25) is 5.02 Å². The van der Waals surface area contributed by atoms with Gasteiger partial charge >= 0.3 is 5.97 Å². The highest BCUT2D eigenvalue weighted by Crippen LogP contribution is 2.25. The van der Waals surface area contributed by atoms with Crippen molar-refractivity contribution in [3.63, 3.8) is 0 Å². The van der Waals surface area contributed by atoms with Gasteiger partial charge in [-0.1, -0.05) is 11.6 Å². The molecule has 2 rings (SSSR count). The van der Waals surface area contributed by atoms with Gasteiger partial charge in [0.2, 0.25) is 5.91 Å². The third kappa shape index (κ3) is 6.25. The Morgan fingerprint density at radius 1 is 1.19 bits per heavy atom. The lowest BCUT2D eigenvalue weighted by molar-refractivity contribution is -0.116. The van der Waals surface area contributed by atoms with E-state index in [-0.39, 0.29) is 18.9 Å². The molecule has 0 saturated heterocycles. The number of anilines is 1. The molecule has 0 unspecified atom stereocenters. The molecule has 6 nitrogen and oxygen atoms in total. The quantitative estimate of drug-likeness (QED) is 0.536. The normalized spacial score (nSPS) is 10.4. The van der Waals surface area contributed by atoms with Gasteiger partial charge in [0.15, 0.2) is 0 Å². The maximum Gasteiger partial charge on any atom is 0.338 e. The summed E-state index contributed by atoms with van der Waals surface area (Å²) in [6, 6.07) is 6.78. The lowest BCUT2D eigenvalue weighted by Gasteiger charge is -2.10. The maximum absolute atomic E-state index is 12.0. The molecular weight excluding hydrogens is 368 g/mol. The van der Waals surface area contributed by atoms with Crippen LogP contribution in [0.25, 0.3) is 0 Å². The number of halogens is 1. The van der Waals surface area contributed by atoms with Gasteiger partial charge in [-0.25, -0.2) is 9.78 Å². The molecular formula is C20H23ClN2O4. The fourth-order valence-corrected chi connectivity index (χ4v) is 2.57. The van der Waals surface area contributed by atoms with E-state index < -0.39 is 5.97 Å². The van der Waals surface area contributed by atoms with Crippen LogP contribution in [-0.2, 0) is 9.53 Å². The first-order valence-electron chi connectivity index (χ1n) is 8.73. The molecule has 0 fully saturated rings. The average molecular weight is 391 g/mol. The number of aromatic nitrogens is 1. The van der Waals surface area contributed by atoms with E-state index >= 15 is 0 Å². The number of ether oxygens (including phenoxy) is 2. The van der Waals surface area contributed by atoms with Crippen molar-refractivity contribution < 1.29 is 19.1 Å². The Morgan fingerprint density at radius 3 is 2.56 bits per heavy atom. The SMILES string of the molecule is CCOC(=O)c1ccnc(NC(=O)CCCOc2cc(C)c(Cl)c(C)c2)c1. The van der Waals surface area contributed by atoms with Crippen LogP contribution in [0.15, 0.2) is 30.5 Å². The van der Waals surface area contributed by atoms with Gasteiger partial charge in [0.05, 0.1) is 18.8 Å². The molecule has 1 aromatic heterocycles. The summed E-state index contributed by atoms with van der Waals surface area (Å²) in [4.78, 5) is 27.8. The molecule has 0 spiro atoms. The molecule has 1 heterocycles. The van der Waals surface area contributed by atoms with Gasteiger partial charge in [0.25, 0.3) is 0 Å². The third-order valence-electron chi connectivity index (χ3n) is 3.77. The fraction of sp³-hybridized carbons (Fsp3) is 0.350. The van der Waals surface area contributed by atoms with Gasteiger partial charge in [0, 0.05) is 17.6 Å². The van der Waals surface area contributed by atoms with Crippen molar-refractivity contribution in [1.82, 2.24) is 4.98 Å². The zero-order valence-electron chi connectivity index (χ0n) is 15.7. The summed E-state index contributed by atoms with van der Waals surface area (Å²) >= 11 is 6.13. The zero-order chi connectivity index (χ0) is 19.8. The van der Waals surface area contributed by atoms with E-state index in [1.54, 1.807) is 6.92 Å². The van der Waals surface area contributed by atoms with Gasteiger partial charge in [-0.05, 0) is 62.6 Å². The summed E-state index contributed by atoms with van der Waals surface area (Å²) in [6.07, 6.45) is 2.27. The molecule has 0 saturated carbocycles. The van der Waals surface area contributed by atoms with Crippen LogP contribution < -0.4 is 10.1 Å². The number of nitrogens with one attached hydrogen (secondary N) is 1. The standard InChI is InChI=1S/C20H23ClN2O4/c1-4-26-20(25)15-7-8-22-17(12-15)23-18(24)6-5-9-27-16-10-13(2)19(21)14(3)11-16/h7-8,10-12H,4-6,9H2,1-3H3,(H,22,23,24). The van der Waals surface area contributed by atoms with E-state index in [0.29, 0.717) is 24.4 Å². The number of rotatable bonds is 8. The van der Waals surface area contributed by atoms with E-state index in [2.05, 4.69) is 10.3 Å². The Balaban J connectivity index is 1.80. The van der Waals surface area contributed by atoms with Crippen LogP contribution in [0.5, 0.6) is 5.75 Å². The third-order valence-corrected chi connectivity index (χ3v) is 4.36. The van der Waals surface area contributed by atoms with Crippen LogP contribution in [0, 0.1) is 13.8 Å². The number of aryl methyl sites for hydroxylation is 2. The number of benzene rings is 1. The molecule has 27 heavy (non-hydrogen) atoms. The topological polar surface area (TPSA) is 77.5 Å².